The van der Waals surface area contributed by atoms with Gasteiger partial charge in [-0.15, -0.1) is 46.7 Å². The molecule has 7 nitrogen and oxygen atoms in total. The molecular formula is C15H24IN5O2S3. The van der Waals surface area contributed by atoms with Gasteiger partial charge < -0.3 is 10.2 Å². The van der Waals surface area contributed by atoms with Crippen molar-refractivity contribution in [2.24, 2.45) is 4.99 Å². The van der Waals surface area contributed by atoms with Gasteiger partial charge in [0.2, 0.25) is 0 Å². The molecule has 0 aromatic carbocycles. The Bertz CT molecular complexity index is 805. The minimum absolute atomic E-state index is 0. The second-order valence-electron chi connectivity index (χ2n) is 5.45. The van der Waals surface area contributed by atoms with Crippen molar-refractivity contribution in [2.45, 2.75) is 17.7 Å². The highest BCUT2D eigenvalue weighted by Gasteiger charge is 2.21. The average Bonchev–Trinajstić information content (AvgIpc) is 3.23. The first kappa shape index (κ1) is 23.3. The average molecular weight is 529 g/mol. The lowest BCUT2D eigenvalue weighted by atomic mass is 10.4. The van der Waals surface area contributed by atoms with Crippen LogP contribution in [0.2, 0.25) is 0 Å². The maximum absolute atomic E-state index is 12.4. The monoisotopic (exact) mass is 529 g/mol. The molecule has 0 radical (unpaired) electrons. The van der Waals surface area contributed by atoms with E-state index in [2.05, 4.69) is 15.3 Å². The van der Waals surface area contributed by atoms with Crippen molar-refractivity contribution in [3.63, 3.8) is 0 Å². The first-order valence-electron chi connectivity index (χ1n) is 7.67. The summed E-state index contributed by atoms with van der Waals surface area (Å²) in [5.74, 6) is 0.701. The number of guanidine groups is 1. The van der Waals surface area contributed by atoms with E-state index in [9.17, 15) is 8.42 Å². The number of thiophene rings is 1. The fourth-order valence-corrected chi connectivity index (χ4v) is 5.17. The molecule has 0 aliphatic heterocycles. The molecule has 0 saturated carbocycles. The van der Waals surface area contributed by atoms with Crippen molar-refractivity contribution in [3.05, 3.63) is 33.6 Å². The zero-order valence-electron chi connectivity index (χ0n) is 15.2. The lowest BCUT2D eigenvalue weighted by Crippen LogP contribution is -2.42. The molecule has 0 spiro atoms. The molecule has 2 aromatic heterocycles. The topological polar surface area (TPSA) is 77.9 Å². The fraction of sp³-hybridized carbons (Fsp3) is 0.467. The predicted molar refractivity (Wildman–Crippen MR) is 119 cm³/mol. The Kier molecular flexibility index (Phi) is 9.44. The number of aliphatic imine (C=N–C) groups is 1. The van der Waals surface area contributed by atoms with Crippen LogP contribution in [-0.2, 0) is 16.6 Å². The molecule has 2 rings (SSSR count). The molecule has 2 heterocycles. The number of thiazole rings is 1. The zero-order chi connectivity index (χ0) is 18.4. The molecule has 0 saturated heterocycles. The van der Waals surface area contributed by atoms with E-state index in [0.717, 1.165) is 10.7 Å². The lowest BCUT2D eigenvalue weighted by Gasteiger charge is -2.22. The standard InChI is InChI=1S/C15H23N5O2S3.HI/c1-12-18-13(11-24-12)10-19(3)15(16-2)17-7-8-20(4)25(21,22)14-6-5-9-23-14;/h5-6,9,11H,7-8,10H2,1-4H3,(H,16,17);1H. The van der Waals surface area contributed by atoms with Gasteiger partial charge in [-0.05, 0) is 18.4 Å². The number of nitrogens with zero attached hydrogens (tertiary/aromatic N) is 4. The summed E-state index contributed by atoms with van der Waals surface area (Å²) in [5, 5.41) is 8.02. The summed E-state index contributed by atoms with van der Waals surface area (Å²) in [6.45, 7) is 3.44. The smallest absolute Gasteiger partial charge is 0.252 e. The van der Waals surface area contributed by atoms with Crippen molar-refractivity contribution in [1.82, 2.24) is 19.5 Å². The zero-order valence-corrected chi connectivity index (χ0v) is 19.9. The van der Waals surface area contributed by atoms with Gasteiger partial charge in [-0.2, -0.15) is 4.31 Å². The summed E-state index contributed by atoms with van der Waals surface area (Å²) in [7, 11) is 1.80. The largest absolute Gasteiger partial charge is 0.355 e. The van der Waals surface area contributed by atoms with Crippen LogP contribution in [0.5, 0.6) is 0 Å². The minimum Gasteiger partial charge on any atom is -0.355 e. The van der Waals surface area contributed by atoms with E-state index in [4.69, 9.17) is 0 Å². The molecule has 0 amide bonds. The second kappa shape index (κ2) is 10.5. The Morgan fingerprint density at radius 3 is 2.62 bits per heavy atom. The molecule has 2 aromatic rings. The Labute approximate surface area is 180 Å². The molecule has 146 valence electrons. The SMILES string of the molecule is CN=C(NCCN(C)S(=O)(=O)c1cccs1)N(C)Cc1csc(C)n1.I. The number of aryl methyl sites for hydroxylation is 1. The summed E-state index contributed by atoms with van der Waals surface area (Å²) in [4.78, 5) is 10.6. The van der Waals surface area contributed by atoms with E-state index in [1.807, 2.05) is 24.3 Å². The van der Waals surface area contributed by atoms with E-state index >= 15 is 0 Å². The van der Waals surface area contributed by atoms with Crippen LogP contribution in [-0.4, -0.2) is 62.8 Å². The van der Waals surface area contributed by atoms with E-state index in [0.29, 0.717) is 29.8 Å². The van der Waals surface area contributed by atoms with Gasteiger partial charge in [-0.1, -0.05) is 6.07 Å². The van der Waals surface area contributed by atoms with Gasteiger partial charge in [0.05, 0.1) is 17.2 Å². The molecule has 0 unspecified atom stereocenters. The maximum Gasteiger partial charge on any atom is 0.252 e. The van der Waals surface area contributed by atoms with Crippen LogP contribution in [0, 0.1) is 6.92 Å². The van der Waals surface area contributed by atoms with E-state index < -0.39 is 10.0 Å². The van der Waals surface area contributed by atoms with Crippen LogP contribution in [0.15, 0.2) is 32.1 Å². The van der Waals surface area contributed by atoms with Crippen LogP contribution in [0.25, 0.3) is 0 Å². The summed E-state index contributed by atoms with van der Waals surface area (Å²) >= 11 is 2.84. The fourth-order valence-electron chi connectivity index (χ4n) is 2.19. The van der Waals surface area contributed by atoms with Crippen LogP contribution in [0.4, 0.5) is 0 Å². The highest BCUT2D eigenvalue weighted by molar-refractivity contribution is 14.0. The number of sulfonamides is 1. The summed E-state index contributed by atoms with van der Waals surface area (Å²) in [6.07, 6.45) is 0. The third kappa shape index (κ3) is 6.15. The van der Waals surface area contributed by atoms with Gasteiger partial charge in [0.1, 0.15) is 4.21 Å². The highest BCUT2D eigenvalue weighted by atomic mass is 127. The van der Waals surface area contributed by atoms with Crippen LogP contribution >= 0.6 is 46.7 Å². The first-order chi connectivity index (χ1) is 11.8. The summed E-state index contributed by atoms with van der Waals surface area (Å²) in [5.41, 5.74) is 0.991. The summed E-state index contributed by atoms with van der Waals surface area (Å²) in [6, 6.07) is 3.35. The minimum atomic E-state index is -3.42. The number of aromatic nitrogens is 1. The number of hydrogen-bond donors (Lipinski definition) is 1. The lowest BCUT2D eigenvalue weighted by molar-refractivity contribution is 0.448. The number of nitrogens with one attached hydrogen (secondary N) is 1. The molecule has 11 heteroatoms. The van der Waals surface area contributed by atoms with Crippen molar-refractivity contribution >= 4 is 62.6 Å². The summed E-state index contributed by atoms with van der Waals surface area (Å²) < 4.78 is 26.5. The van der Waals surface area contributed by atoms with Crippen molar-refractivity contribution < 1.29 is 8.42 Å². The number of rotatable bonds is 7. The van der Waals surface area contributed by atoms with Gasteiger partial charge >= 0.3 is 0 Å². The first-order valence-corrected chi connectivity index (χ1v) is 10.9. The molecule has 1 N–H and O–H groups in total. The second-order valence-corrected chi connectivity index (χ2v) is 9.73. The molecule has 26 heavy (non-hydrogen) atoms. The Morgan fingerprint density at radius 1 is 1.35 bits per heavy atom. The molecular weight excluding hydrogens is 505 g/mol. The van der Waals surface area contributed by atoms with Crippen molar-refractivity contribution in [2.75, 3.05) is 34.2 Å². The third-order valence-corrected chi connectivity index (χ3v) is 7.56. The van der Waals surface area contributed by atoms with E-state index in [-0.39, 0.29) is 24.0 Å². The molecule has 0 aliphatic carbocycles. The number of likely N-dealkylation sites (N-methyl/N-ethyl adjacent to an activating group) is 1. The predicted octanol–water partition coefficient (Wildman–Crippen LogP) is 2.46. The maximum atomic E-state index is 12.4. The van der Waals surface area contributed by atoms with Crippen LogP contribution in [0.1, 0.15) is 10.7 Å². The highest BCUT2D eigenvalue weighted by Crippen LogP contribution is 2.19. The van der Waals surface area contributed by atoms with Gasteiger partial charge in [0, 0.05) is 39.6 Å². The van der Waals surface area contributed by atoms with Crippen LogP contribution < -0.4 is 5.32 Å². The number of halogens is 1. The molecule has 0 aliphatic rings. The van der Waals surface area contributed by atoms with E-state index in [1.54, 1.807) is 42.9 Å². The third-order valence-electron chi connectivity index (χ3n) is 3.51. The van der Waals surface area contributed by atoms with Crippen LogP contribution in [0.3, 0.4) is 0 Å². The molecule has 0 bridgehead atoms. The molecule has 0 atom stereocenters. The van der Waals surface area contributed by atoms with Crippen molar-refractivity contribution in [3.8, 4) is 0 Å². The Morgan fingerprint density at radius 2 is 2.08 bits per heavy atom. The van der Waals surface area contributed by atoms with Gasteiger partial charge in [0.15, 0.2) is 5.96 Å². The molecule has 0 fully saturated rings. The van der Waals surface area contributed by atoms with Gasteiger partial charge in [0.25, 0.3) is 10.0 Å². The Balaban J connectivity index is 0.00000338. The van der Waals surface area contributed by atoms with Gasteiger partial charge in [-0.3, -0.25) is 4.99 Å². The normalized spacial score (nSPS) is 12.1. The quantitative estimate of drug-likeness (QED) is 0.339. The van der Waals surface area contributed by atoms with E-state index in [1.165, 1.54) is 15.6 Å². The number of hydrogen-bond acceptors (Lipinski definition) is 6. The van der Waals surface area contributed by atoms with Crippen molar-refractivity contribution in [1.29, 1.82) is 0 Å². The Hall–Kier alpha value is -0.760. The van der Waals surface area contributed by atoms with Gasteiger partial charge in [-0.25, -0.2) is 13.4 Å².